The molecule has 1 unspecified atom stereocenters. The number of aryl methyl sites for hydroxylation is 1. The highest BCUT2D eigenvalue weighted by atomic mass is 16.6. The van der Waals surface area contributed by atoms with Crippen LogP contribution in [-0.4, -0.2) is 33.8 Å². The molecule has 1 rings (SSSR count). The average molecular weight is 310 g/mol. The number of alkyl carbamates (subject to hydrolysis) is 1. The van der Waals surface area contributed by atoms with E-state index in [2.05, 4.69) is 27.1 Å². The van der Waals surface area contributed by atoms with Crippen molar-refractivity contribution < 1.29 is 9.53 Å². The molecule has 1 aromatic rings. The molecular weight excluding hydrogens is 280 g/mol. The highest BCUT2D eigenvalue weighted by molar-refractivity contribution is 5.67. The van der Waals surface area contributed by atoms with E-state index in [9.17, 15) is 4.79 Å². The predicted molar refractivity (Wildman–Crippen MR) is 87.7 cm³/mol. The zero-order chi connectivity index (χ0) is 16.6. The van der Waals surface area contributed by atoms with Gasteiger partial charge in [-0.2, -0.15) is 0 Å². The van der Waals surface area contributed by atoms with Crippen LogP contribution in [0, 0.1) is 0 Å². The first-order valence-electron chi connectivity index (χ1n) is 8.01. The molecule has 1 aromatic heterocycles. The summed E-state index contributed by atoms with van der Waals surface area (Å²) in [5.41, 5.74) is 0.731. The lowest BCUT2D eigenvalue weighted by Gasteiger charge is -2.22. The zero-order valence-electron chi connectivity index (χ0n) is 14.5. The lowest BCUT2D eigenvalue weighted by molar-refractivity contribution is 0.0506. The van der Waals surface area contributed by atoms with Gasteiger partial charge in [0.2, 0.25) is 0 Å². The zero-order valence-corrected chi connectivity index (χ0v) is 14.5. The van der Waals surface area contributed by atoms with Crippen LogP contribution in [0.15, 0.2) is 12.5 Å². The number of hydrogen-bond donors (Lipinski definition) is 2. The fourth-order valence-electron chi connectivity index (χ4n) is 2.05. The fourth-order valence-corrected chi connectivity index (χ4v) is 2.05. The first-order chi connectivity index (χ1) is 10.3. The van der Waals surface area contributed by atoms with Gasteiger partial charge in [0, 0.05) is 25.3 Å². The SMILES string of the molecule is CCCn1cncc1CNCCC(C)NC(=O)OC(C)(C)C. The Balaban J connectivity index is 2.21. The van der Waals surface area contributed by atoms with Crippen LogP contribution in [0.5, 0.6) is 0 Å². The summed E-state index contributed by atoms with van der Waals surface area (Å²) in [6.45, 7) is 12.3. The summed E-state index contributed by atoms with van der Waals surface area (Å²) >= 11 is 0. The van der Waals surface area contributed by atoms with Crippen molar-refractivity contribution >= 4 is 6.09 Å². The predicted octanol–water partition coefficient (Wildman–Crippen LogP) is 2.69. The van der Waals surface area contributed by atoms with Crippen LogP contribution < -0.4 is 10.6 Å². The summed E-state index contributed by atoms with van der Waals surface area (Å²) in [6.07, 6.45) is 5.35. The van der Waals surface area contributed by atoms with Gasteiger partial charge in [0.15, 0.2) is 0 Å². The van der Waals surface area contributed by atoms with Crippen molar-refractivity contribution in [1.29, 1.82) is 0 Å². The molecule has 2 N–H and O–H groups in total. The van der Waals surface area contributed by atoms with Crippen molar-refractivity contribution in [2.45, 2.75) is 72.2 Å². The van der Waals surface area contributed by atoms with E-state index in [0.717, 1.165) is 32.5 Å². The molecule has 1 atom stereocenters. The van der Waals surface area contributed by atoms with Gasteiger partial charge in [-0.1, -0.05) is 6.92 Å². The van der Waals surface area contributed by atoms with Gasteiger partial charge in [-0.25, -0.2) is 9.78 Å². The number of carbonyl (C=O) groups is 1. The summed E-state index contributed by atoms with van der Waals surface area (Å²) in [7, 11) is 0. The van der Waals surface area contributed by atoms with E-state index in [1.807, 2.05) is 40.2 Å². The van der Waals surface area contributed by atoms with Crippen molar-refractivity contribution in [3.63, 3.8) is 0 Å². The molecule has 22 heavy (non-hydrogen) atoms. The summed E-state index contributed by atoms with van der Waals surface area (Å²) in [6, 6.07) is 0.0721. The van der Waals surface area contributed by atoms with E-state index in [1.54, 1.807) is 0 Å². The number of hydrogen-bond acceptors (Lipinski definition) is 4. The van der Waals surface area contributed by atoms with E-state index in [-0.39, 0.29) is 12.1 Å². The third kappa shape index (κ3) is 7.45. The maximum Gasteiger partial charge on any atom is 0.407 e. The topological polar surface area (TPSA) is 68.2 Å². The number of carbonyl (C=O) groups excluding carboxylic acids is 1. The Bertz CT molecular complexity index is 451. The van der Waals surface area contributed by atoms with Gasteiger partial charge in [-0.05, 0) is 47.1 Å². The van der Waals surface area contributed by atoms with Gasteiger partial charge in [0.25, 0.3) is 0 Å². The number of nitrogens with zero attached hydrogens (tertiary/aromatic N) is 2. The number of nitrogens with one attached hydrogen (secondary N) is 2. The molecule has 0 aliphatic heterocycles. The monoisotopic (exact) mass is 310 g/mol. The first-order valence-corrected chi connectivity index (χ1v) is 8.01. The van der Waals surface area contributed by atoms with Gasteiger partial charge in [-0.3, -0.25) is 0 Å². The minimum atomic E-state index is -0.459. The number of ether oxygens (including phenoxy) is 1. The number of aromatic nitrogens is 2. The normalized spacial score (nSPS) is 13.0. The molecule has 126 valence electrons. The first kappa shape index (κ1) is 18.5. The van der Waals surface area contributed by atoms with Gasteiger partial charge in [-0.15, -0.1) is 0 Å². The largest absolute Gasteiger partial charge is 0.444 e. The average Bonchev–Trinajstić information content (AvgIpc) is 2.80. The highest BCUT2D eigenvalue weighted by Gasteiger charge is 2.17. The van der Waals surface area contributed by atoms with Crippen molar-refractivity contribution in [1.82, 2.24) is 20.2 Å². The Kier molecular flexibility index (Phi) is 7.38. The lowest BCUT2D eigenvalue weighted by Crippen LogP contribution is -2.38. The van der Waals surface area contributed by atoms with Gasteiger partial charge in [0.1, 0.15) is 5.60 Å². The summed E-state index contributed by atoms with van der Waals surface area (Å²) in [4.78, 5) is 15.8. The lowest BCUT2D eigenvalue weighted by atomic mass is 10.2. The third-order valence-electron chi connectivity index (χ3n) is 3.09. The molecule has 0 aliphatic rings. The third-order valence-corrected chi connectivity index (χ3v) is 3.09. The Hall–Kier alpha value is -1.56. The van der Waals surface area contributed by atoms with Crippen molar-refractivity contribution in [2.75, 3.05) is 6.54 Å². The summed E-state index contributed by atoms with van der Waals surface area (Å²) < 4.78 is 7.40. The molecule has 6 heteroatoms. The fraction of sp³-hybridized carbons (Fsp3) is 0.750. The number of rotatable bonds is 8. The maximum absolute atomic E-state index is 11.6. The van der Waals surface area contributed by atoms with Crippen molar-refractivity contribution in [3.8, 4) is 0 Å². The van der Waals surface area contributed by atoms with Crippen LogP contribution in [0.1, 0.15) is 53.2 Å². The Morgan fingerprint density at radius 2 is 2.18 bits per heavy atom. The second-order valence-electron chi connectivity index (χ2n) is 6.59. The van der Waals surface area contributed by atoms with Crippen LogP contribution in [0.25, 0.3) is 0 Å². The highest BCUT2D eigenvalue weighted by Crippen LogP contribution is 2.07. The molecule has 0 fully saturated rings. The van der Waals surface area contributed by atoms with Crippen molar-refractivity contribution in [3.05, 3.63) is 18.2 Å². The standard InChI is InChI=1S/C16H30N4O2/c1-6-9-20-12-18-11-14(20)10-17-8-7-13(2)19-15(21)22-16(3,4)5/h11-13,17H,6-10H2,1-5H3,(H,19,21). The molecule has 1 amide bonds. The van der Waals surface area contributed by atoms with E-state index in [0.29, 0.717) is 0 Å². The molecule has 0 aliphatic carbocycles. The molecule has 0 saturated carbocycles. The Labute approximate surface area is 133 Å². The van der Waals surface area contributed by atoms with Crippen LogP contribution in [0.2, 0.25) is 0 Å². The summed E-state index contributed by atoms with van der Waals surface area (Å²) in [5.74, 6) is 0. The van der Waals surface area contributed by atoms with E-state index in [4.69, 9.17) is 4.74 Å². The van der Waals surface area contributed by atoms with Crippen molar-refractivity contribution in [2.24, 2.45) is 0 Å². The number of imidazole rings is 1. The molecule has 0 saturated heterocycles. The van der Waals surface area contributed by atoms with E-state index in [1.165, 1.54) is 5.69 Å². The van der Waals surface area contributed by atoms with Crippen LogP contribution in [0.4, 0.5) is 4.79 Å². The Morgan fingerprint density at radius 1 is 1.45 bits per heavy atom. The minimum absolute atomic E-state index is 0.0721. The van der Waals surface area contributed by atoms with E-state index < -0.39 is 5.60 Å². The molecule has 1 heterocycles. The number of amides is 1. The van der Waals surface area contributed by atoms with E-state index >= 15 is 0 Å². The second-order valence-corrected chi connectivity index (χ2v) is 6.59. The minimum Gasteiger partial charge on any atom is -0.444 e. The van der Waals surface area contributed by atoms with Gasteiger partial charge >= 0.3 is 6.09 Å². The molecular formula is C16H30N4O2. The van der Waals surface area contributed by atoms with Crippen LogP contribution in [-0.2, 0) is 17.8 Å². The van der Waals surface area contributed by atoms with Gasteiger partial charge < -0.3 is 19.9 Å². The smallest absolute Gasteiger partial charge is 0.407 e. The molecule has 0 radical (unpaired) electrons. The molecule has 0 aromatic carbocycles. The van der Waals surface area contributed by atoms with Crippen LogP contribution in [0.3, 0.4) is 0 Å². The maximum atomic E-state index is 11.6. The van der Waals surface area contributed by atoms with Crippen LogP contribution >= 0.6 is 0 Å². The molecule has 0 bridgehead atoms. The Morgan fingerprint density at radius 3 is 2.82 bits per heavy atom. The molecule has 6 nitrogen and oxygen atoms in total. The second kappa shape index (κ2) is 8.78. The van der Waals surface area contributed by atoms with Gasteiger partial charge in [0.05, 0.1) is 12.0 Å². The quantitative estimate of drug-likeness (QED) is 0.724. The molecule has 0 spiro atoms. The summed E-state index contributed by atoms with van der Waals surface area (Å²) in [5, 5.41) is 6.23.